The maximum absolute atomic E-state index is 9.92. The number of phenols is 2. The van der Waals surface area contributed by atoms with Crippen LogP contribution in [0.2, 0.25) is 0 Å². The predicted molar refractivity (Wildman–Crippen MR) is 73.1 cm³/mol. The van der Waals surface area contributed by atoms with Crippen molar-refractivity contribution < 1.29 is 14.9 Å². The summed E-state index contributed by atoms with van der Waals surface area (Å²) in [7, 11) is 0. The fourth-order valence-corrected chi connectivity index (χ4v) is 2.45. The second kappa shape index (κ2) is 5.77. The summed E-state index contributed by atoms with van der Waals surface area (Å²) in [6.45, 7) is 6.19. The first kappa shape index (κ1) is 14.1. The van der Waals surface area contributed by atoms with Gasteiger partial charge in [-0.3, -0.25) is 4.90 Å². The fraction of sp³-hybridized carbons (Fsp3) is 0.571. The first-order valence-corrected chi connectivity index (χ1v) is 6.62. The Morgan fingerprint density at radius 2 is 2.11 bits per heavy atom. The van der Waals surface area contributed by atoms with Crippen LogP contribution >= 0.6 is 0 Å². The number of rotatable bonds is 3. The highest BCUT2D eigenvalue weighted by Gasteiger charge is 2.28. The second-order valence-electron chi connectivity index (χ2n) is 5.18. The molecule has 0 aliphatic carbocycles. The molecule has 3 unspecified atom stereocenters. The van der Waals surface area contributed by atoms with Crippen LogP contribution in [0.15, 0.2) is 18.2 Å². The third-order valence-electron chi connectivity index (χ3n) is 3.72. The second-order valence-corrected chi connectivity index (χ2v) is 5.18. The van der Waals surface area contributed by atoms with Crippen LogP contribution in [0.25, 0.3) is 0 Å². The van der Waals surface area contributed by atoms with Gasteiger partial charge in [-0.05, 0) is 19.9 Å². The van der Waals surface area contributed by atoms with Crippen molar-refractivity contribution in [2.45, 2.75) is 32.0 Å². The number of nitrogens with zero attached hydrogens (tertiary/aromatic N) is 1. The van der Waals surface area contributed by atoms with E-state index in [0.717, 1.165) is 18.7 Å². The van der Waals surface area contributed by atoms with Crippen LogP contribution in [-0.4, -0.2) is 47.0 Å². The lowest BCUT2D eigenvalue weighted by Gasteiger charge is -2.38. The van der Waals surface area contributed by atoms with Crippen LogP contribution in [0.3, 0.4) is 0 Å². The van der Waals surface area contributed by atoms with Crippen molar-refractivity contribution in [2.75, 3.05) is 19.7 Å². The largest absolute Gasteiger partial charge is 0.508 e. The van der Waals surface area contributed by atoms with Gasteiger partial charge in [-0.15, -0.1) is 0 Å². The van der Waals surface area contributed by atoms with E-state index < -0.39 is 0 Å². The minimum absolute atomic E-state index is 0.0107. The average molecular weight is 266 g/mol. The number of benzene rings is 1. The smallest absolute Gasteiger partial charge is 0.124 e. The molecule has 3 atom stereocenters. The molecule has 0 bridgehead atoms. The molecular weight excluding hydrogens is 244 g/mol. The van der Waals surface area contributed by atoms with E-state index in [1.807, 2.05) is 13.8 Å². The van der Waals surface area contributed by atoms with Crippen molar-refractivity contribution >= 4 is 0 Å². The van der Waals surface area contributed by atoms with Crippen LogP contribution in [0.1, 0.15) is 25.5 Å². The molecule has 1 heterocycles. The van der Waals surface area contributed by atoms with Crippen LogP contribution in [0, 0.1) is 0 Å². The summed E-state index contributed by atoms with van der Waals surface area (Å²) in [6.07, 6.45) is 0.0236. The minimum atomic E-state index is -0.0107. The predicted octanol–water partition coefficient (Wildman–Crippen LogP) is 1.21. The SMILES string of the molecule is CC(N)C1CN(C(C)c2ccc(O)cc2O)CCO1. The van der Waals surface area contributed by atoms with Gasteiger partial charge in [0, 0.05) is 36.8 Å². The molecule has 1 aliphatic heterocycles. The normalized spacial score (nSPS) is 24.1. The lowest BCUT2D eigenvalue weighted by Crippen LogP contribution is -2.50. The van der Waals surface area contributed by atoms with E-state index in [-0.39, 0.29) is 29.7 Å². The number of aromatic hydroxyl groups is 2. The lowest BCUT2D eigenvalue weighted by atomic mass is 10.0. The number of nitrogens with two attached hydrogens (primary N) is 1. The monoisotopic (exact) mass is 266 g/mol. The summed E-state index contributed by atoms with van der Waals surface area (Å²) in [6, 6.07) is 4.77. The number of hydrogen-bond donors (Lipinski definition) is 3. The molecule has 1 aromatic rings. The van der Waals surface area contributed by atoms with Gasteiger partial charge in [-0.25, -0.2) is 0 Å². The Balaban J connectivity index is 2.12. The summed E-state index contributed by atoms with van der Waals surface area (Å²) in [4.78, 5) is 2.24. The maximum atomic E-state index is 9.92. The molecule has 0 radical (unpaired) electrons. The zero-order valence-corrected chi connectivity index (χ0v) is 11.4. The minimum Gasteiger partial charge on any atom is -0.508 e. The first-order valence-electron chi connectivity index (χ1n) is 6.62. The van der Waals surface area contributed by atoms with E-state index in [1.165, 1.54) is 6.07 Å². The highest BCUT2D eigenvalue weighted by atomic mass is 16.5. The van der Waals surface area contributed by atoms with E-state index in [9.17, 15) is 10.2 Å². The molecular formula is C14H22N2O3. The summed E-state index contributed by atoms with van der Waals surface area (Å²) in [5, 5.41) is 19.3. The first-order chi connectivity index (χ1) is 8.99. The fourth-order valence-electron chi connectivity index (χ4n) is 2.45. The van der Waals surface area contributed by atoms with Gasteiger partial charge in [0.25, 0.3) is 0 Å². The van der Waals surface area contributed by atoms with Crippen molar-refractivity contribution in [3.63, 3.8) is 0 Å². The molecule has 0 aromatic heterocycles. The molecule has 0 spiro atoms. The van der Waals surface area contributed by atoms with Crippen molar-refractivity contribution in [3.05, 3.63) is 23.8 Å². The Kier molecular flexibility index (Phi) is 4.29. The molecule has 19 heavy (non-hydrogen) atoms. The van der Waals surface area contributed by atoms with E-state index in [4.69, 9.17) is 10.5 Å². The van der Waals surface area contributed by atoms with Crippen LogP contribution < -0.4 is 5.73 Å². The lowest BCUT2D eigenvalue weighted by molar-refractivity contribution is -0.0500. The van der Waals surface area contributed by atoms with Gasteiger partial charge < -0.3 is 20.7 Å². The molecule has 1 fully saturated rings. The number of hydrogen-bond acceptors (Lipinski definition) is 5. The van der Waals surface area contributed by atoms with Gasteiger partial charge in [0.15, 0.2) is 0 Å². The van der Waals surface area contributed by atoms with E-state index >= 15 is 0 Å². The molecule has 1 aliphatic rings. The van der Waals surface area contributed by atoms with Gasteiger partial charge in [-0.2, -0.15) is 0 Å². The molecule has 1 saturated heterocycles. The zero-order valence-electron chi connectivity index (χ0n) is 11.4. The molecule has 0 amide bonds. The number of ether oxygens (including phenoxy) is 1. The van der Waals surface area contributed by atoms with Crippen molar-refractivity contribution in [1.29, 1.82) is 0 Å². The Labute approximate surface area is 113 Å². The quantitative estimate of drug-likeness (QED) is 0.766. The molecule has 1 aromatic carbocycles. The van der Waals surface area contributed by atoms with Crippen LogP contribution in [0.5, 0.6) is 11.5 Å². The molecule has 106 valence electrons. The Hall–Kier alpha value is -1.30. The standard InChI is InChI=1S/C14H22N2O3/c1-9(15)14-8-16(5-6-19-14)10(2)12-4-3-11(17)7-13(12)18/h3-4,7,9-10,14,17-18H,5-6,8,15H2,1-2H3. The Morgan fingerprint density at radius 1 is 1.37 bits per heavy atom. The molecule has 0 saturated carbocycles. The average Bonchev–Trinajstić information content (AvgIpc) is 2.38. The zero-order chi connectivity index (χ0) is 14.0. The third-order valence-corrected chi connectivity index (χ3v) is 3.72. The van der Waals surface area contributed by atoms with Gasteiger partial charge in [-0.1, -0.05) is 6.07 Å². The van der Waals surface area contributed by atoms with Gasteiger partial charge >= 0.3 is 0 Å². The number of morpholine rings is 1. The van der Waals surface area contributed by atoms with Gasteiger partial charge in [0.05, 0.1) is 12.7 Å². The van der Waals surface area contributed by atoms with Crippen LogP contribution in [-0.2, 0) is 4.74 Å². The van der Waals surface area contributed by atoms with Crippen molar-refractivity contribution in [2.24, 2.45) is 5.73 Å². The maximum Gasteiger partial charge on any atom is 0.124 e. The van der Waals surface area contributed by atoms with E-state index in [0.29, 0.717) is 6.61 Å². The third kappa shape index (κ3) is 3.18. The van der Waals surface area contributed by atoms with E-state index in [1.54, 1.807) is 12.1 Å². The topological polar surface area (TPSA) is 79.0 Å². The number of phenolic OH excluding ortho intramolecular Hbond substituents is 2. The van der Waals surface area contributed by atoms with Crippen LogP contribution in [0.4, 0.5) is 0 Å². The summed E-state index contributed by atoms with van der Waals surface area (Å²) >= 11 is 0. The molecule has 4 N–H and O–H groups in total. The molecule has 2 rings (SSSR count). The Morgan fingerprint density at radius 3 is 2.74 bits per heavy atom. The van der Waals surface area contributed by atoms with Gasteiger partial charge in [0.1, 0.15) is 11.5 Å². The molecule has 5 heteroatoms. The molecule has 5 nitrogen and oxygen atoms in total. The summed E-state index contributed by atoms with van der Waals surface area (Å²) in [5.41, 5.74) is 6.69. The van der Waals surface area contributed by atoms with Crippen molar-refractivity contribution in [1.82, 2.24) is 4.90 Å². The highest BCUT2D eigenvalue weighted by Crippen LogP contribution is 2.32. The Bertz CT molecular complexity index is 437. The summed E-state index contributed by atoms with van der Waals surface area (Å²) in [5.74, 6) is 0.195. The summed E-state index contributed by atoms with van der Waals surface area (Å²) < 4.78 is 5.64. The highest BCUT2D eigenvalue weighted by molar-refractivity contribution is 5.40. The van der Waals surface area contributed by atoms with Gasteiger partial charge in [0.2, 0.25) is 0 Å². The van der Waals surface area contributed by atoms with Crippen molar-refractivity contribution in [3.8, 4) is 11.5 Å². The van der Waals surface area contributed by atoms with E-state index in [2.05, 4.69) is 4.90 Å².